The Morgan fingerprint density at radius 3 is 2.09 bits per heavy atom. The molecule has 0 saturated carbocycles. The molecule has 0 radical (unpaired) electrons. The van der Waals surface area contributed by atoms with Gasteiger partial charge in [0, 0.05) is 17.4 Å². The first-order valence-electron chi connectivity index (χ1n) is 9.09. The predicted octanol–water partition coefficient (Wildman–Crippen LogP) is 5.78. The molecule has 0 aliphatic carbocycles. The third-order valence-corrected chi connectivity index (χ3v) is 4.48. The first-order chi connectivity index (χ1) is 15.3. The number of hydrogen-bond donors (Lipinski definition) is 3. The van der Waals surface area contributed by atoms with Crippen LogP contribution in [0, 0.1) is 0 Å². The molecular weight excluding hydrogens is 448 g/mol. The fourth-order valence-electron chi connectivity index (χ4n) is 2.66. The van der Waals surface area contributed by atoms with Gasteiger partial charge in [0.05, 0.1) is 24.9 Å². The summed E-state index contributed by atoms with van der Waals surface area (Å²) in [4.78, 5) is 24.4. The molecule has 32 heavy (non-hydrogen) atoms. The van der Waals surface area contributed by atoms with Gasteiger partial charge in [0.15, 0.2) is 11.5 Å². The number of methoxy groups -OCH3 is 2. The van der Waals surface area contributed by atoms with Gasteiger partial charge in [-0.2, -0.15) is 0 Å². The number of rotatable bonds is 7. The lowest BCUT2D eigenvalue weighted by atomic mass is 10.2. The van der Waals surface area contributed by atoms with E-state index in [1.165, 1.54) is 32.4 Å². The first-order valence-corrected chi connectivity index (χ1v) is 9.47. The van der Waals surface area contributed by atoms with Gasteiger partial charge in [-0.1, -0.05) is 11.6 Å². The lowest BCUT2D eigenvalue weighted by Crippen LogP contribution is -2.20. The van der Waals surface area contributed by atoms with E-state index in [1.807, 2.05) is 0 Å². The summed E-state index contributed by atoms with van der Waals surface area (Å²) < 4.78 is 40.3. The van der Waals surface area contributed by atoms with Gasteiger partial charge in [-0.05, 0) is 42.5 Å². The number of amides is 3. The Bertz CT molecular complexity index is 1120. The van der Waals surface area contributed by atoms with Crippen molar-refractivity contribution in [3.8, 4) is 11.5 Å². The van der Waals surface area contributed by atoms with Crippen LogP contribution in [0.25, 0.3) is 0 Å². The topological polar surface area (TPSA) is 102 Å². The summed E-state index contributed by atoms with van der Waals surface area (Å²) in [5.41, 5.74) is 1.14. The van der Waals surface area contributed by atoms with Crippen molar-refractivity contribution in [1.29, 1.82) is 0 Å². The molecule has 0 saturated heterocycles. The van der Waals surface area contributed by atoms with Gasteiger partial charge in [0.1, 0.15) is 11.5 Å². The molecule has 0 unspecified atom stereocenters. The summed E-state index contributed by atoms with van der Waals surface area (Å²) in [6.07, 6.45) is -2.80. The highest BCUT2D eigenvalue weighted by Crippen LogP contribution is 2.36. The van der Waals surface area contributed by atoms with Crippen molar-refractivity contribution in [1.82, 2.24) is 0 Å². The molecule has 2 aromatic carbocycles. The Morgan fingerprint density at radius 2 is 1.53 bits per heavy atom. The molecule has 3 amide bonds. The van der Waals surface area contributed by atoms with Crippen LogP contribution in [0.15, 0.2) is 52.9 Å². The van der Waals surface area contributed by atoms with E-state index >= 15 is 0 Å². The highest BCUT2D eigenvalue weighted by Gasteiger charge is 2.17. The third kappa shape index (κ3) is 5.46. The molecule has 0 aliphatic rings. The molecule has 168 valence electrons. The minimum Gasteiger partial charge on any atom is -0.495 e. The van der Waals surface area contributed by atoms with Gasteiger partial charge in [-0.15, -0.1) is 0 Å². The van der Waals surface area contributed by atoms with Gasteiger partial charge >= 0.3 is 6.03 Å². The maximum Gasteiger partial charge on any atom is 0.323 e. The van der Waals surface area contributed by atoms with E-state index in [2.05, 4.69) is 16.0 Å². The average Bonchev–Trinajstić information content (AvgIpc) is 3.26. The van der Waals surface area contributed by atoms with Gasteiger partial charge in [-0.25, -0.2) is 13.6 Å². The van der Waals surface area contributed by atoms with E-state index in [-0.39, 0.29) is 5.76 Å². The molecule has 3 aromatic rings. The van der Waals surface area contributed by atoms with Crippen molar-refractivity contribution >= 4 is 40.6 Å². The summed E-state index contributed by atoms with van der Waals surface area (Å²) in [5, 5.41) is 8.05. The highest BCUT2D eigenvalue weighted by molar-refractivity contribution is 6.32. The average molecular weight is 466 g/mol. The minimum absolute atomic E-state index is 0.242. The van der Waals surface area contributed by atoms with Crippen LogP contribution in [0.5, 0.6) is 11.5 Å². The number of ether oxygens (including phenoxy) is 2. The van der Waals surface area contributed by atoms with Crippen molar-refractivity contribution in [2.24, 2.45) is 0 Å². The minimum atomic E-state index is -2.80. The maximum absolute atomic E-state index is 12.6. The van der Waals surface area contributed by atoms with Gasteiger partial charge in [0.2, 0.25) is 0 Å². The van der Waals surface area contributed by atoms with Crippen LogP contribution in [-0.2, 0) is 0 Å². The normalized spacial score (nSPS) is 10.6. The molecule has 3 rings (SSSR count). The van der Waals surface area contributed by atoms with Crippen LogP contribution in [-0.4, -0.2) is 26.2 Å². The highest BCUT2D eigenvalue weighted by atomic mass is 35.5. The van der Waals surface area contributed by atoms with Gasteiger partial charge in [-0.3, -0.25) is 4.79 Å². The summed E-state index contributed by atoms with van der Waals surface area (Å²) in [6.45, 7) is 0. The Morgan fingerprint density at radius 1 is 0.906 bits per heavy atom. The smallest absolute Gasteiger partial charge is 0.323 e. The van der Waals surface area contributed by atoms with Gasteiger partial charge in [0.25, 0.3) is 12.3 Å². The summed E-state index contributed by atoms with van der Waals surface area (Å²) in [5.74, 6) is -0.761. The van der Waals surface area contributed by atoms with Gasteiger partial charge < -0.3 is 29.8 Å². The van der Waals surface area contributed by atoms with E-state index < -0.39 is 24.1 Å². The Hall–Kier alpha value is -3.79. The van der Waals surface area contributed by atoms with E-state index in [1.54, 1.807) is 18.2 Å². The Labute approximate surface area is 186 Å². The Kier molecular flexibility index (Phi) is 7.16. The van der Waals surface area contributed by atoms with E-state index in [9.17, 15) is 18.4 Å². The molecule has 0 fully saturated rings. The monoisotopic (exact) mass is 465 g/mol. The van der Waals surface area contributed by atoms with Crippen molar-refractivity contribution in [3.05, 3.63) is 65.1 Å². The van der Waals surface area contributed by atoms with Crippen LogP contribution in [0.1, 0.15) is 22.7 Å². The van der Waals surface area contributed by atoms with E-state index in [0.717, 1.165) is 12.1 Å². The fraction of sp³-hybridized carbons (Fsp3) is 0.143. The predicted molar refractivity (Wildman–Crippen MR) is 115 cm³/mol. The van der Waals surface area contributed by atoms with Crippen LogP contribution in [0.4, 0.5) is 30.6 Å². The molecule has 0 aliphatic heterocycles. The zero-order valence-corrected chi connectivity index (χ0v) is 17.6. The quantitative estimate of drug-likeness (QED) is 0.410. The zero-order chi connectivity index (χ0) is 23.3. The number of furan rings is 1. The van der Waals surface area contributed by atoms with Crippen LogP contribution >= 0.6 is 11.6 Å². The van der Waals surface area contributed by atoms with Crippen molar-refractivity contribution in [3.63, 3.8) is 0 Å². The number of anilines is 3. The number of halogens is 3. The summed E-state index contributed by atoms with van der Waals surface area (Å²) >= 11 is 6.09. The molecule has 0 spiro atoms. The molecule has 1 aromatic heterocycles. The Balaban J connectivity index is 1.61. The first kappa shape index (κ1) is 22.9. The molecule has 1 heterocycles. The number of urea groups is 1. The van der Waals surface area contributed by atoms with E-state index in [4.69, 9.17) is 25.5 Å². The largest absolute Gasteiger partial charge is 0.495 e. The maximum atomic E-state index is 12.6. The SMILES string of the molecule is COc1cc(OC)c(NC(=O)Nc2ccc(NC(=O)c3ccc(C(F)F)o3)cc2)cc1Cl. The third-order valence-electron chi connectivity index (χ3n) is 4.19. The zero-order valence-electron chi connectivity index (χ0n) is 16.9. The second kappa shape index (κ2) is 10.0. The van der Waals surface area contributed by atoms with Crippen LogP contribution in [0.2, 0.25) is 5.02 Å². The number of benzene rings is 2. The summed E-state index contributed by atoms with van der Waals surface area (Å²) in [6, 6.07) is 10.8. The second-order valence-electron chi connectivity index (χ2n) is 6.30. The molecule has 8 nitrogen and oxygen atoms in total. The van der Waals surface area contributed by atoms with E-state index in [0.29, 0.717) is 33.6 Å². The molecule has 11 heteroatoms. The number of nitrogens with one attached hydrogen (secondary N) is 3. The molecule has 0 bridgehead atoms. The van der Waals surface area contributed by atoms with Crippen molar-refractivity contribution in [2.45, 2.75) is 6.43 Å². The van der Waals surface area contributed by atoms with Crippen molar-refractivity contribution < 1.29 is 32.3 Å². The number of alkyl halides is 2. The second-order valence-corrected chi connectivity index (χ2v) is 6.71. The van der Waals surface area contributed by atoms with Crippen LogP contribution in [0.3, 0.4) is 0 Å². The fourth-order valence-corrected chi connectivity index (χ4v) is 2.90. The number of hydrogen-bond acceptors (Lipinski definition) is 5. The molecular formula is C21H18ClF2N3O5. The van der Waals surface area contributed by atoms with Crippen molar-refractivity contribution in [2.75, 3.05) is 30.2 Å². The van der Waals surface area contributed by atoms with Crippen LogP contribution < -0.4 is 25.4 Å². The number of carbonyl (C=O) groups is 2. The molecule has 3 N–H and O–H groups in total. The standard InChI is InChI=1S/C21H18ClF2N3O5/c1-30-17-10-18(31-2)14(9-13(17)22)27-21(29)26-12-5-3-11(4-6-12)25-20(28)16-8-7-15(32-16)19(23)24/h3-10,19H,1-2H3,(H,25,28)(H2,26,27,29). The number of carbonyl (C=O) groups excluding carboxylic acids is 2. The lowest BCUT2D eigenvalue weighted by molar-refractivity contribution is 0.0964. The molecule has 0 atom stereocenters. The summed E-state index contributed by atoms with van der Waals surface area (Å²) in [7, 11) is 2.90. The lowest BCUT2D eigenvalue weighted by Gasteiger charge is -2.14.